The van der Waals surface area contributed by atoms with Crippen molar-refractivity contribution in [2.24, 2.45) is 0 Å². The predicted octanol–water partition coefficient (Wildman–Crippen LogP) is 3.96. The second-order valence-corrected chi connectivity index (χ2v) is 8.80. The van der Waals surface area contributed by atoms with Crippen LogP contribution in [0.5, 0.6) is 5.75 Å². The van der Waals surface area contributed by atoms with Crippen molar-refractivity contribution < 1.29 is 22.4 Å². The van der Waals surface area contributed by atoms with Crippen molar-refractivity contribution in [1.82, 2.24) is 10.2 Å². The van der Waals surface area contributed by atoms with Gasteiger partial charge in [-0.2, -0.15) is 0 Å². The Morgan fingerprint density at radius 3 is 2.57 bits per heavy atom. The summed E-state index contributed by atoms with van der Waals surface area (Å²) in [6, 6.07) is 12.9. The maximum absolute atomic E-state index is 12.5. The number of anilines is 1. The van der Waals surface area contributed by atoms with Crippen molar-refractivity contribution in [1.29, 1.82) is 0 Å². The molecule has 1 N–H and O–H groups in total. The van der Waals surface area contributed by atoms with E-state index in [0.29, 0.717) is 23.5 Å². The number of aromatic nitrogens is 2. The van der Waals surface area contributed by atoms with E-state index in [2.05, 4.69) is 22.4 Å². The largest absolute Gasteiger partial charge is 0.494 e. The minimum Gasteiger partial charge on any atom is -0.494 e. The van der Waals surface area contributed by atoms with Crippen LogP contribution < -0.4 is 10.1 Å². The fourth-order valence-corrected chi connectivity index (χ4v) is 3.48. The molecule has 0 radical (unpaired) electrons. The van der Waals surface area contributed by atoms with E-state index >= 15 is 0 Å². The average molecular weight is 429 g/mol. The number of hydrogen-bond donors (Lipinski definition) is 1. The van der Waals surface area contributed by atoms with Crippen LogP contribution in [-0.2, 0) is 9.84 Å². The number of unbranched alkanes of at least 4 members (excludes halogenated alkanes) is 1. The first-order chi connectivity index (χ1) is 14.4. The van der Waals surface area contributed by atoms with Crippen LogP contribution in [0.2, 0.25) is 0 Å². The van der Waals surface area contributed by atoms with Crippen LogP contribution in [0.3, 0.4) is 0 Å². The van der Waals surface area contributed by atoms with Gasteiger partial charge in [-0.25, -0.2) is 8.42 Å². The Bertz CT molecular complexity index is 1110. The Balaban J connectivity index is 1.68. The first-order valence-corrected chi connectivity index (χ1v) is 11.3. The van der Waals surface area contributed by atoms with Gasteiger partial charge in [0.15, 0.2) is 9.84 Å². The summed E-state index contributed by atoms with van der Waals surface area (Å²) in [5, 5.41) is 10.3. The lowest BCUT2D eigenvalue weighted by Crippen LogP contribution is -2.12. The molecule has 3 rings (SSSR count). The highest BCUT2D eigenvalue weighted by Crippen LogP contribution is 2.23. The van der Waals surface area contributed by atoms with E-state index in [4.69, 9.17) is 9.15 Å². The third-order valence-electron chi connectivity index (χ3n) is 4.35. The minimum atomic E-state index is -3.28. The van der Waals surface area contributed by atoms with Crippen LogP contribution in [0.15, 0.2) is 57.8 Å². The minimum absolute atomic E-state index is 0.0218. The zero-order valence-electron chi connectivity index (χ0n) is 16.8. The van der Waals surface area contributed by atoms with E-state index in [1.54, 1.807) is 43.3 Å². The molecular formula is C21H23N3O5S. The van der Waals surface area contributed by atoms with Crippen molar-refractivity contribution >= 4 is 21.8 Å². The summed E-state index contributed by atoms with van der Waals surface area (Å²) >= 11 is 0. The number of ether oxygens (including phenoxy) is 1. The lowest BCUT2D eigenvalue weighted by molar-refractivity contribution is 0.102. The normalized spacial score (nSPS) is 11.3. The third-order valence-corrected chi connectivity index (χ3v) is 6.10. The zero-order chi connectivity index (χ0) is 21.6. The van der Waals surface area contributed by atoms with Gasteiger partial charge < -0.3 is 9.15 Å². The maximum atomic E-state index is 12.5. The third kappa shape index (κ3) is 5.24. The second-order valence-electron chi connectivity index (χ2n) is 6.52. The first kappa shape index (κ1) is 21.5. The van der Waals surface area contributed by atoms with Crippen LogP contribution in [0.25, 0.3) is 11.5 Å². The molecule has 1 heterocycles. The Morgan fingerprint density at radius 2 is 1.87 bits per heavy atom. The molecular weight excluding hydrogens is 406 g/mol. The van der Waals surface area contributed by atoms with Crippen LogP contribution >= 0.6 is 0 Å². The number of carbonyl (C=O) groups excluding carboxylic acids is 1. The van der Waals surface area contributed by atoms with Crippen molar-refractivity contribution in [2.75, 3.05) is 17.7 Å². The Kier molecular flexibility index (Phi) is 6.83. The van der Waals surface area contributed by atoms with Gasteiger partial charge in [0.2, 0.25) is 5.89 Å². The van der Waals surface area contributed by atoms with Gasteiger partial charge in [-0.05, 0) is 48.9 Å². The van der Waals surface area contributed by atoms with Crippen molar-refractivity contribution in [3.05, 3.63) is 54.1 Å². The lowest BCUT2D eigenvalue weighted by Gasteiger charge is -2.07. The zero-order valence-corrected chi connectivity index (χ0v) is 17.6. The van der Waals surface area contributed by atoms with Gasteiger partial charge in [0.1, 0.15) is 5.75 Å². The number of nitrogens with one attached hydrogen (secondary N) is 1. The average Bonchev–Trinajstić information content (AvgIpc) is 3.22. The number of carbonyl (C=O) groups is 1. The summed E-state index contributed by atoms with van der Waals surface area (Å²) in [4.78, 5) is 12.7. The summed E-state index contributed by atoms with van der Waals surface area (Å²) in [5.41, 5.74) is 0.947. The SMILES string of the molecule is CCCCOc1cccc(C(=O)Nc2nnc(-c3ccc(S(=O)(=O)CC)cc3)o2)c1. The van der Waals surface area contributed by atoms with E-state index in [-0.39, 0.29) is 22.6 Å². The molecule has 1 aromatic heterocycles. The molecule has 0 fully saturated rings. The van der Waals surface area contributed by atoms with Crippen molar-refractivity contribution in [3.63, 3.8) is 0 Å². The van der Waals surface area contributed by atoms with Gasteiger partial charge in [-0.15, -0.1) is 5.10 Å². The number of hydrogen-bond acceptors (Lipinski definition) is 7. The van der Waals surface area contributed by atoms with Gasteiger partial charge in [0.05, 0.1) is 17.3 Å². The van der Waals surface area contributed by atoms with E-state index in [1.165, 1.54) is 12.1 Å². The highest BCUT2D eigenvalue weighted by atomic mass is 32.2. The molecule has 0 saturated heterocycles. The number of sulfone groups is 1. The summed E-state index contributed by atoms with van der Waals surface area (Å²) in [7, 11) is -3.28. The number of amides is 1. The molecule has 0 aliphatic rings. The van der Waals surface area contributed by atoms with Crippen LogP contribution in [0.1, 0.15) is 37.0 Å². The fraction of sp³-hybridized carbons (Fsp3) is 0.286. The molecule has 0 unspecified atom stereocenters. The molecule has 158 valence electrons. The molecule has 0 aliphatic carbocycles. The Morgan fingerprint density at radius 1 is 1.10 bits per heavy atom. The quantitative estimate of drug-likeness (QED) is 0.512. The number of nitrogens with zero attached hydrogens (tertiary/aromatic N) is 2. The van der Waals surface area contributed by atoms with E-state index in [9.17, 15) is 13.2 Å². The van der Waals surface area contributed by atoms with Crippen LogP contribution in [0, 0.1) is 0 Å². The monoisotopic (exact) mass is 429 g/mol. The standard InChI is InChI=1S/C21H23N3O5S/c1-3-5-13-28-17-8-6-7-16(14-17)19(25)22-21-24-23-20(29-21)15-9-11-18(12-10-15)30(26,27)4-2/h6-12,14H,3-5,13H2,1-2H3,(H,22,24,25). The molecule has 0 aliphatic heterocycles. The molecule has 8 nitrogen and oxygen atoms in total. The first-order valence-electron chi connectivity index (χ1n) is 9.64. The maximum Gasteiger partial charge on any atom is 0.322 e. The van der Waals surface area contributed by atoms with E-state index < -0.39 is 15.7 Å². The van der Waals surface area contributed by atoms with E-state index in [1.807, 2.05) is 0 Å². The van der Waals surface area contributed by atoms with Gasteiger partial charge in [-0.3, -0.25) is 10.1 Å². The molecule has 0 bridgehead atoms. The molecule has 3 aromatic rings. The van der Waals surface area contributed by atoms with Gasteiger partial charge in [0.25, 0.3) is 5.91 Å². The smallest absolute Gasteiger partial charge is 0.322 e. The molecule has 0 spiro atoms. The molecule has 9 heteroatoms. The van der Waals surface area contributed by atoms with Crippen molar-refractivity contribution in [2.45, 2.75) is 31.6 Å². The molecule has 0 atom stereocenters. The fourth-order valence-electron chi connectivity index (χ4n) is 2.59. The second kappa shape index (κ2) is 9.53. The Labute approximate surface area is 175 Å². The predicted molar refractivity (Wildman–Crippen MR) is 112 cm³/mol. The summed E-state index contributed by atoms with van der Waals surface area (Å²) in [5.74, 6) is 0.399. The number of rotatable bonds is 9. The number of benzene rings is 2. The van der Waals surface area contributed by atoms with Crippen molar-refractivity contribution in [3.8, 4) is 17.2 Å². The lowest BCUT2D eigenvalue weighted by atomic mass is 10.2. The molecule has 30 heavy (non-hydrogen) atoms. The summed E-state index contributed by atoms with van der Waals surface area (Å²) in [6.45, 7) is 4.25. The summed E-state index contributed by atoms with van der Waals surface area (Å²) < 4.78 is 34.9. The van der Waals surface area contributed by atoms with E-state index in [0.717, 1.165) is 12.8 Å². The van der Waals surface area contributed by atoms with Gasteiger partial charge in [-0.1, -0.05) is 31.4 Å². The molecule has 0 saturated carbocycles. The molecule has 1 amide bonds. The highest BCUT2D eigenvalue weighted by Gasteiger charge is 2.15. The summed E-state index contributed by atoms with van der Waals surface area (Å²) in [6.07, 6.45) is 1.96. The Hall–Kier alpha value is -3.20. The highest BCUT2D eigenvalue weighted by molar-refractivity contribution is 7.91. The van der Waals surface area contributed by atoms with Gasteiger partial charge in [0, 0.05) is 11.1 Å². The topological polar surface area (TPSA) is 111 Å². The van der Waals surface area contributed by atoms with Crippen LogP contribution in [-0.4, -0.2) is 36.9 Å². The van der Waals surface area contributed by atoms with Gasteiger partial charge >= 0.3 is 6.01 Å². The van der Waals surface area contributed by atoms with Crippen LogP contribution in [0.4, 0.5) is 6.01 Å². The molecule has 2 aromatic carbocycles.